The predicted octanol–water partition coefficient (Wildman–Crippen LogP) is 4.08. The number of oxime groups is 1. The first-order valence-electron chi connectivity index (χ1n) is 8.15. The Balaban J connectivity index is 1.67. The molecule has 26 heavy (non-hydrogen) atoms. The van der Waals surface area contributed by atoms with E-state index < -0.39 is 0 Å². The maximum absolute atomic E-state index is 5.29. The number of fused-ring (bicyclic) bond motifs is 1. The van der Waals surface area contributed by atoms with Gasteiger partial charge < -0.3 is 9.74 Å². The number of nitrogens with zero attached hydrogens (tertiary/aromatic N) is 5. The first-order chi connectivity index (χ1) is 12.8. The Bertz CT molecular complexity index is 948. The van der Waals surface area contributed by atoms with E-state index >= 15 is 0 Å². The lowest BCUT2D eigenvalue weighted by molar-refractivity contribution is 0.174. The van der Waals surface area contributed by atoms with E-state index in [2.05, 4.69) is 33.7 Å². The van der Waals surface area contributed by atoms with Gasteiger partial charge in [-0.2, -0.15) is 0 Å². The summed E-state index contributed by atoms with van der Waals surface area (Å²) in [6, 6.07) is 3.93. The van der Waals surface area contributed by atoms with Gasteiger partial charge >= 0.3 is 0 Å². The standard InChI is InChI=1S/C18H17N5OS2/c1-3-9-24-22-13-6-8-23(2)18-15(13)21-17(26-18)14-11-20-16(25-14)12-5-4-7-19-10-12/h3-5,7,10-11H,1,6,8-9H2,2H3. The summed E-state index contributed by atoms with van der Waals surface area (Å²) in [5.41, 5.74) is 2.81. The van der Waals surface area contributed by atoms with Crippen LogP contribution in [0.1, 0.15) is 12.1 Å². The average molecular weight is 384 g/mol. The van der Waals surface area contributed by atoms with Gasteiger partial charge in [0.25, 0.3) is 0 Å². The van der Waals surface area contributed by atoms with Crippen molar-refractivity contribution >= 4 is 33.4 Å². The second kappa shape index (κ2) is 7.35. The molecule has 0 amide bonds. The van der Waals surface area contributed by atoms with Crippen LogP contribution in [0.5, 0.6) is 0 Å². The molecular formula is C18H17N5OS2. The van der Waals surface area contributed by atoms with Crippen LogP contribution >= 0.6 is 22.7 Å². The fraction of sp³-hybridized carbons (Fsp3) is 0.222. The van der Waals surface area contributed by atoms with Gasteiger partial charge in [-0.1, -0.05) is 29.1 Å². The fourth-order valence-electron chi connectivity index (χ4n) is 2.61. The third-order valence-electron chi connectivity index (χ3n) is 3.91. The third kappa shape index (κ3) is 3.25. The Labute approximate surface area is 159 Å². The minimum atomic E-state index is 0.398. The van der Waals surface area contributed by atoms with E-state index in [1.807, 2.05) is 24.5 Å². The van der Waals surface area contributed by atoms with Gasteiger partial charge in [0.05, 0.1) is 4.88 Å². The van der Waals surface area contributed by atoms with Crippen molar-refractivity contribution in [2.75, 3.05) is 25.1 Å². The SMILES string of the molecule is C=CCON=C1CCN(C)c2sc(-c3cnc(-c4cccnc4)s3)nc21. The molecule has 0 atom stereocenters. The van der Waals surface area contributed by atoms with Crippen molar-refractivity contribution in [2.24, 2.45) is 5.16 Å². The molecule has 3 aromatic heterocycles. The molecule has 4 heterocycles. The Morgan fingerprint density at radius 1 is 1.35 bits per heavy atom. The number of hydrogen-bond donors (Lipinski definition) is 0. The number of rotatable bonds is 5. The molecule has 0 fully saturated rings. The normalized spacial score (nSPS) is 15.1. The van der Waals surface area contributed by atoms with E-state index in [1.54, 1.807) is 34.9 Å². The number of hydrogen-bond acceptors (Lipinski definition) is 8. The van der Waals surface area contributed by atoms with Gasteiger partial charge in [-0.05, 0) is 12.1 Å². The maximum Gasteiger partial charge on any atom is 0.137 e. The van der Waals surface area contributed by atoms with Crippen molar-refractivity contribution in [3.05, 3.63) is 49.1 Å². The zero-order valence-corrected chi connectivity index (χ0v) is 15.9. The molecule has 8 heteroatoms. The first-order valence-corrected chi connectivity index (χ1v) is 9.78. The highest BCUT2D eigenvalue weighted by atomic mass is 32.1. The van der Waals surface area contributed by atoms with Crippen molar-refractivity contribution in [1.82, 2.24) is 15.0 Å². The zero-order valence-electron chi connectivity index (χ0n) is 14.3. The molecule has 1 aliphatic rings. The molecule has 0 bridgehead atoms. The monoisotopic (exact) mass is 383 g/mol. The van der Waals surface area contributed by atoms with Crippen molar-refractivity contribution in [3.63, 3.8) is 0 Å². The van der Waals surface area contributed by atoms with Gasteiger partial charge in [0.2, 0.25) is 0 Å². The molecule has 132 valence electrons. The summed E-state index contributed by atoms with van der Waals surface area (Å²) >= 11 is 3.28. The number of anilines is 1. The zero-order chi connectivity index (χ0) is 17.9. The molecule has 4 rings (SSSR count). The highest BCUT2D eigenvalue weighted by Crippen LogP contribution is 2.40. The molecule has 0 spiro atoms. The van der Waals surface area contributed by atoms with Gasteiger partial charge in [-0.25, -0.2) is 9.97 Å². The number of thiazole rings is 2. The summed E-state index contributed by atoms with van der Waals surface area (Å²) in [4.78, 5) is 22.1. The lowest BCUT2D eigenvalue weighted by Gasteiger charge is -2.23. The van der Waals surface area contributed by atoms with Crippen LogP contribution in [0.4, 0.5) is 5.00 Å². The van der Waals surface area contributed by atoms with Crippen LogP contribution in [0.15, 0.2) is 48.5 Å². The van der Waals surface area contributed by atoms with Gasteiger partial charge in [-0.3, -0.25) is 4.98 Å². The largest absolute Gasteiger partial charge is 0.391 e. The van der Waals surface area contributed by atoms with Gasteiger partial charge in [0.15, 0.2) is 0 Å². The van der Waals surface area contributed by atoms with Crippen molar-refractivity contribution in [3.8, 4) is 20.5 Å². The highest BCUT2D eigenvalue weighted by Gasteiger charge is 2.26. The van der Waals surface area contributed by atoms with Crippen molar-refractivity contribution < 1.29 is 4.84 Å². The Kier molecular flexibility index (Phi) is 4.77. The second-order valence-corrected chi connectivity index (χ2v) is 7.75. The summed E-state index contributed by atoms with van der Waals surface area (Å²) in [7, 11) is 2.08. The molecule has 0 unspecified atom stereocenters. The Hall–Kier alpha value is -2.58. The van der Waals surface area contributed by atoms with Crippen LogP contribution in [0.25, 0.3) is 20.5 Å². The molecule has 0 saturated carbocycles. The maximum atomic E-state index is 5.29. The summed E-state index contributed by atoms with van der Waals surface area (Å²) < 4.78 is 0. The van der Waals surface area contributed by atoms with Crippen LogP contribution in [-0.4, -0.2) is 40.9 Å². The van der Waals surface area contributed by atoms with E-state index in [1.165, 1.54) is 0 Å². The van der Waals surface area contributed by atoms with E-state index in [9.17, 15) is 0 Å². The van der Waals surface area contributed by atoms with Gasteiger partial charge in [0.1, 0.15) is 33.0 Å². The molecule has 0 aromatic carbocycles. The first kappa shape index (κ1) is 16.9. The van der Waals surface area contributed by atoms with E-state index in [4.69, 9.17) is 9.82 Å². The van der Waals surface area contributed by atoms with E-state index in [0.29, 0.717) is 6.61 Å². The lowest BCUT2D eigenvalue weighted by atomic mass is 10.1. The number of aromatic nitrogens is 3. The minimum Gasteiger partial charge on any atom is -0.391 e. The van der Waals surface area contributed by atoms with Crippen molar-refractivity contribution in [1.29, 1.82) is 0 Å². The Morgan fingerprint density at radius 3 is 3.08 bits per heavy atom. The predicted molar refractivity (Wildman–Crippen MR) is 107 cm³/mol. The second-order valence-electron chi connectivity index (χ2n) is 5.74. The molecule has 0 saturated heterocycles. The molecule has 3 aromatic rings. The molecular weight excluding hydrogens is 366 g/mol. The summed E-state index contributed by atoms with van der Waals surface area (Å²) in [6.45, 7) is 4.94. The quantitative estimate of drug-likeness (QED) is 0.377. The minimum absolute atomic E-state index is 0.398. The van der Waals surface area contributed by atoms with E-state index in [-0.39, 0.29) is 0 Å². The topological polar surface area (TPSA) is 63.5 Å². The highest BCUT2D eigenvalue weighted by molar-refractivity contribution is 7.25. The summed E-state index contributed by atoms with van der Waals surface area (Å²) in [6.07, 6.45) is 7.96. The lowest BCUT2D eigenvalue weighted by Crippen LogP contribution is -2.27. The van der Waals surface area contributed by atoms with E-state index in [0.717, 1.165) is 49.8 Å². The van der Waals surface area contributed by atoms with Crippen molar-refractivity contribution in [2.45, 2.75) is 6.42 Å². The molecule has 0 N–H and O–H groups in total. The van der Waals surface area contributed by atoms with Crippen LogP contribution < -0.4 is 4.90 Å². The van der Waals surface area contributed by atoms with Gasteiger partial charge in [-0.15, -0.1) is 11.3 Å². The van der Waals surface area contributed by atoms with Crippen LogP contribution in [-0.2, 0) is 4.84 Å². The summed E-state index contributed by atoms with van der Waals surface area (Å²) in [5.74, 6) is 0. The van der Waals surface area contributed by atoms with Crippen LogP contribution in [0, 0.1) is 0 Å². The fourth-order valence-corrected chi connectivity index (χ4v) is 4.63. The molecule has 6 nitrogen and oxygen atoms in total. The average Bonchev–Trinajstić information content (AvgIpc) is 3.32. The molecule has 0 radical (unpaired) electrons. The molecule has 0 aliphatic carbocycles. The van der Waals surface area contributed by atoms with Crippen LogP contribution in [0.3, 0.4) is 0 Å². The summed E-state index contributed by atoms with van der Waals surface area (Å²) in [5, 5.41) is 7.26. The smallest absolute Gasteiger partial charge is 0.137 e. The number of pyridine rings is 1. The van der Waals surface area contributed by atoms with Gasteiger partial charge in [0, 0.05) is 44.2 Å². The Morgan fingerprint density at radius 2 is 2.27 bits per heavy atom. The third-order valence-corrected chi connectivity index (χ3v) is 6.29. The van der Waals surface area contributed by atoms with Crippen LogP contribution in [0.2, 0.25) is 0 Å². The molecule has 1 aliphatic heterocycles.